The molecule has 0 bridgehead atoms. The monoisotopic (exact) mass is 378 g/mol. The number of amides is 1. The van der Waals surface area contributed by atoms with E-state index in [4.69, 9.17) is 9.47 Å². The van der Waals surface area contributed by atoms with E-state index in [0.717, 1.165) is 11.8 Å². The molecule has 1 amide bonds. The summed E-state index contributed by atoms with van der Waals surface area (Å²) in [6.07, 6.45) is 1.68. The van der Waals surface area contributed by atoms with E-state index in [-0.39, 0.29) is 5.91 Å². The largest absolute Gasteiger partial charge is 0.493 e. The van der Waals surface area contributed by atoms with Crippen LogP contribution in [0.3, 0.4) is 0 Å². The third-order valence-corrected chi connectivity index (χ3v) is 4.18. The molecule has 0 unspecified atom stereocenters. The standard InChI is InChI=1S/C18H22N2O5S/c1-24-16-8-7-13(11-17(16)25-2)9-10-19-18(21)14-5-4-6-15(12-14)20-26(3,22)23/h4-8,11-12,20H,9-10H2,1-3H3,(H,19,21). The lowest BCUT2D eigenvalue weighted by Crippen LogP contribution is -2.25. The molecule has 0 radical (unpaired) electrons. The summed E-state index contributed by atoms with van der Waals surface area (Å²) < 4.78 is 35.4. The molecule has 2 N–H and O–H groups in total. The van der Waals surface area contributed by atoms with Gasteiger partial charge in [-0.3, -0.25) is 9.52 Å². The molecular weight excluding hydrogens is 356 g/mol. The number of anilines is 1. The highest BCUT2D eigenvalue weighted by Crippen LogP contribution is 2.27. The van der Waals surface area contributed by atoms with Crippen molar-refractivity contribution in [3.05, 3.63) is 53.6 Å². The average Bonchev–Trinajstić information content (AvgIpc) is 2.60. The summed E-state index contributed by atoms with van der Waals surface area (Å²) in [5.41, 5.74) is 1.72. The first kappa shape index (κ1) is 19.6. The summed E-state index contributed by atoms with van der Waals surface area (Å²) in [6.45, 7) is 0.429. The summed E-state index contributed by atoms with van der Waals surface area (Å²) in [6, 6.07) is 11.9. The van der Waals surface area contributed by atoms with Crippen LogP contribution in [0.1, 0.15) is 15.9 Å². The van der Waals surface area contributed by atoms with Crippen LogP contribution in [0.2, 0.25) is 0 Å². The maximum Gasteiger partial charge on any atom is 0.251 e. The quantitative estimate of drug-likeness (QED) is 0.733. The maximum atomic E-state index is 12.2. The fourth-order valence-electron chi connectivity index (χ4n) is 2.40. The van der Waals surface area contributed by atoms with Gasteiger partial charge in [0.25, 0.3) is 5.91 Å². The minimum absolute atomic E-state index is 0.275. The number of sulfonamides is 1. The average molecular weight is 378 g/mol. The lowest BCUT2D eigenvalue weighted by Gasteiger charge is -2.10. The minimum atomic E-state index is -3.39. The predicted octanol–water partition coefficient (Wildman–Crippen LogP) is 2.05. The van der Waals surface area contributed by atoms with Crippen LogP contribution < -0.4 is 19.5 Å². The summed E-state index contributed by atoms with van der Waals surface area (Å²) >= 11 is 0. The number of ether oxygens (including phenoxy) is 2. The Morgan fingerprint density at radius 2 is 1.77 bits per heavy atom. The second kappa shape index (κ2) is 8.57. The van der Waals surface area contributed by atoms with E-state index >= 15 is 0 Å². The fraction of sp³-hybridized carbons (Fsp3) is 0.278. The van der Waals surface area contributed by atoms with Crippen molar-refractivity contribution in [3.63, 3.8) is 0 Å². The summed E-state index contributed by atoms with van der Waals surface area (Å²) in [5.74, 6) is 1.01. The highest BCUT2D eigenvalue weighted by Gasteiger charge is 2.09. The maximum absolute atomic E-state index is 12.2. The second-order valence-electron chi connectivity index (χ2n) is 5.65. The number of methoxy groups -OCH3 is 2. The van der Waals surface area contributed by atoms with E-state index in [9.17, 15) is 13.2 Å². The van der Waals surface area contributed by atoms with Gasteiger partial charge in [-0.05, 0) is 42.3 Å². The van der Waals surface area contributed by atoms with Crippen LogP contribution in [-0.2, 0) is 16.4 Å². The normalized spacial score (nSPS) is 10.9. The zero-order valence-corrected chi connectivity index (χ0v) is 15.7. The van der Waals surface area contributed by atoms with Gasteiger partial charge in [-0.25, -0.2) is 8.42 Å². The van der Waals surface area contributed by atoms with E-state index in [0.29, 0.717) is 35.7 Å². The molecule has 2 rings (SSSR count). The first-order valence-corrected chi connectivity index (χ1v) is 9.78. The van der Waals surface area contributed by atoms with Crippen LogP contribution in [0.15, 0.2) is 42.5 Å². The molecule has 2 aromatic carbocycles. The lowest BCUT2D eigenvalue weighted by atomic mass is 10.1. The van der Waals surface area contributed by atoms with Gasteiger partial charge in [-0.2, -0.15) is 0 Å². The number of carbonyl (C=O) groups is 1. The number of nitrogens with one attached hydrogen (secondary N) is 2. The van der Waals surface area contributed by atoms with Gasteiger partial charge in [0.2, 0.25) is 10.0 Å². The number of carbonyl (C=O) groups excluding carboxylic acids is 1. The Labute approximate surface area is 153 Å². The zero-order chi connectivity index (χ0) is 19.2. The summed E-state index contributed by atoms with van der Waals surface area (Å²) in [5, 5.41) is 2.82. The molecule has 0 aromatic heterocycles. The van der Waals surface area contributed by atoms with Gasteiger partial charge >= 0.3 is 0 Å². The Morgan fingerprint density at radius 1 is 1.04 bits per heavy atom. The summed E-state index contributed by atoms with van der Waals surface area (Å²) in [4.78, 5) is 12.2. The van der Waals surface area contributed by atoms with Gasteiger partial charge in [0.05, 0.1) is 20.5 Å². The van der Waals surface area contributed by atoms with Gasteiger partial charge in [-0.1, -0.05) is 12.1 Å². The third-order valence-electron chi connectivity index (χ3n) is 3.58. The predicted molar refractivity (Wildman–Crippen MR) is 100 cm³/mol. The third kappa shape index (κ3) is 5.66. The van der Waals surface area contributed by atoms with E-state index in [1.807, 2.05) is 18.2 Å². The molecule has 0 aliphatic heterocycles. The second-order valence-corrected chi connectivity index (χ2v) is 7.40. The van der Waals surface area contributed by atoms with Gasteiger partial charge in [0.1, 0.15) is 0 Å². The minimum Gasteiger partial charge on any atom is -0.493 e. The van der Waals surface area contributed by atoms with Crippen LogP contribution in [0.5, 0.6) is 11.5 Å². The first-order valence-electron chi connectivity index (χ1n) is 7.89. The number of benzene rings is 2. The van der Waals surface area contributed by atoms with Gasteiger partial charge in [-0.15, -0.1) is 0 Å². The molecule has 0 saturated carbocycles. The molecule has 0 saturated heterocycles. The van der Waals surface area contributed by atoms with Crippen molar-refractivity contribution in [2.75, 3.05) is 31.7 Å². The molecule has 2 aromatic rings. The first-order chi connectivity index (χ1) is 12.3. The van der Waals surface area contributed by atoms with E-state index in [2.05, 4.69) is 10.0 Å². The van der Waals surface area contributed by atoms with Gasteiger partial charge in [0, 0.05) is 17.8 Å². The van der Waals surface area contributed by atoms with Crippen LogP contribution in [0.25, 0.3) is 0 Å². The van der Waals surface area contributed by atoms with Gasteiger partial charge in [0.15, 0.2) is 11.5 Å². The highest BCUT2D eigenvalue weighted by atomic mass is 32.2. The van der Waals surface area contributed by atoms with Crippen LogP contribution in [0, 0.1) is 0 Å². The SMILES string of the molecule is COc1ccc(CCNC(=O)c2cccc(NS(C)(=O)=O)c2)cc1OC. The van der Waals surface area contributed by atoms with Crippen LogP contribution in [0.4, 0.5) is 5.69 Å². The van der Waals surface area contributed by atoms with Crippen molar-refractivity contribution in [3.8, 4) is 11.5 Å². The highest BCUT2D eigenvalue weighted by molar-refractivity contribution is 7.92. The van der Waals surface area contributed by atoms with Crippen molar-refractivity contribution >= 4 is 21.6 Å². The van der Waals surface area contributed by atoms with E-state index in [1.165, 1.54) is 6.07 Å². The lowest BCUT2D eigenvalue weighted by molar-refractivity contribution is 0.0954. The fourth-order valence-corrected chi connectivity index (χ4v) is 2.95. The number of rotatable bonds is 8. The molecule has 0 aliphatic carbocycles. The number of hydrogen-bond donors (Lipinski definition) is 2. The van der Waals surface area contributed by atoms with E-state index in [1.54, 1.807) is 32.4 Å². The number of hydrogen-bond acceptors (Lipinski definition) is 5. The van der Waals surface area contributed by atoms with Crippen molar-refractivity contribution in [2.45, 2.75) is 6.42 Å². The Hall–Kier alpha value is -2.74. The zero-order valence-electron chi connectivity index (χ0n) is 14.9. The molecule has 140 valence electrons. The topological polar surface area (TPSA) is 93.7 Å². The molecule has 0 spiro atoms. The van der Waals surface area contributed by atoms with Gasteiger partial charge < -0.3 is 14.8 Å². The molecule has 0 heterocycles. The Bertz CT molecular complexity index is 881. The molecule has 8 heteroatoms. The van der Waals surface area contributed by atoms with Crippen molar-refractivity contribution in [1.29, 1.82) is 0 Å². The molecule has 0 fully saturated rings. The van der Waals surface area contributed by atoms with Crippen LogP contribution >= 0.6 is 0 Å². The molecule has 26 heavy (non-hydrogen) atoms. The van der Waals surface area contributed by atoms with Crippen LogP contribution in [-0.4, -0.2) is 41.3 Å². The van der Waals surface area contributed by atoms with Crippen molar-refractivity contribution < 1.29 is 22.7 Å². The molecule has 0 aliphatic rings. The molecule has 0 atom stereocenters. The Morgan fingerprint density at radius 3 is 2.42 bits per heavy atom. The molecular formula is C18H22N2O5S. The Kier molecular flexibility index (Phi) is 6.46. The smallest absolute Gasteiger partial charge is 0.251 e. The Balaban J connectivity index is 1.96. The van der Waals surface area contributed by atoms with Crippen molar-refractivity contribution in [2.24, 2.45) is 0 Å². The summed E-state index contributed by atoms with van der Waals surface area (Å²) in [7, 11) is -0.245. The molecule has 7 nitrogen and oxygen atoms in total. The van der Waals surface area contributed by atoms with Crippen molar-refractivity contribution in [1.82, 2.24) is 5.32 Å². The van der Waals surface area contributed by atoms with E-state index < -0.39 is 10.0 Å².